The Labute approximate surface area is 189 Å². The predicted molar refractivity (Wildman–Crippen MR) is 117 cm³/mol. The molecule has 0 unspecified atom stereocenters. The quantitative estimate of drug-likeness (QED) is 0.528. The van der Waals surface area contributed by atoms with Gasteiger partial charge >= 0.3 is 0 Å². The molecule has 1 N–H and O–H groups in total. The number of likely N-dealkylation sites (tertiary alicyclic amines) is 1. The van der Waals surface area contributed by atoms with Gasteiger partial charge in [0.05, 0.1) is 30.2 Å². The van der Waals surface area contributed by atoms with Crippen LogP contribution in [0.2, 0.25) is 10.0 Å². The van der Waals surface area contributed by atoms with Gasteiger partial charge in [0.25, 0.3) is 0 Å². The Morgan fingerprint density at radius 2 is 1.66 bits per heavy atom. The van der Waals surface area contributed by atoms with Crippen molar-refractivity contribution in [1.82, 2.24) is 5.32 Å². The maximum absolute atomic E-state index is 12.1. The van der Waals surface area contributed by atoms with Gasteiger partial charge in [-0.3, -0.25) is 4.79 Å². The van der Waals surface area contributed by atoms with E-state index in [0.29, 0.717) is 16.6 Å². The molecule has 29 heavy (non-hydrogen) atoms. The molecule has 0 saturated carbocycles. The van der Waals surface area contributed by atoms with Crippen LogP contribution in [0.3, 0.4) is 0 Å². The number of nitrogens with zero attached hydrogens (tertiary/aromatic N) is 1. The Kier molecular flexibility index (Phi) is 9.04. The molecule has 1 aliphatic heterocycles. The number of halogens is 3. The molecule has 6 heteroatoms. The lowest BCUT2D eigenvalue weighted by Crippen LogP contribution is -3.00. The minimum atomic E-state index is -0.137. The number of nitrogens with one attached hydrogen (secondary N) is 1. The Balaban J connectivity index is 0.00000300. The molecule has 0 atom stereocenters. The molecule has 1 aliphatic rings. The number of quaternary nitrogens is 1. The summed E-state index contributed by atoms with van der Waals surface area (Å²) in [7, 11) is 2.35. The smallest absolute Gasteiger partial charge is 0.244 e. The molecule has 0 aliphatic carbocycles. The van der Waals surface area contributed by atoms with Crippen LogP contribution in [-0.2, 0) is 17.9 Å². The molecule has 0 radical (unpaired) electrons. The summed E-state index contributed by atoms with van der Waals surface area (Å²) in [4.78, 5) is 12.1. The van der Waals surface area contributed by atoms with E-state index in [1.807, 2.05) is 6.07 Å². The first kappa shape index (κ1) is 23.8. The summed E-state index contributed by atoms with van der Waals surface area (Å²) < 4.78 is 1.13. The van der Waals surface area contributed by atoms with Crippen molar-refractivity contribution in [2.24, 2.45) is 0 Å². The number of rotatable bonds is 6. The second kappa shape index (κ2) is 11.0. The zero-order valence-electron chi connectivity index (χ0n) is 16.6. The molecule has 1 saturated heterocycles. The number of piperidine rings is 1. The highest BCUT2D eigenvalue weighted by Crippen LogP contribution is 2.23. The summed E-state index contributed by atoms with van der Waals surface area (Å²) in [5.74, 6) is -0.137. The van der Waals surface area contributed by atoms with Crippen molar-refractivity contribution in [1.29, 1.82) is 0 Å². The monoisotopic (exact) mass is 452 g/mol. The van der Waals surface area contributed by atoms with Gasteiger partial charge in [-0.15, -0.1) is 0 Å². The molecule has 3 nitrogen and oxygen atoms in total. The van der Waals surface area contributed by atoms with Gasteiger partial charge in [0.1, 0.15) is 6.54 Å². The number of benzene rings is 2. The van der Waals surface area contributed by atoms with Crippen LogP contribution in [0.5, 0.6) is 0 Å². The minimum absolute atomic E-state index is 0. The van der Waals surface area contributed by atoms with Crippen molar-refractivity contribution in [2.45, 2.75) is 32.4 Å². The van der Waals surface area contributed by atoms with Gasteiger partial charge in [-0.2, -0.15) is 0 Å². The number of hydrogen-bond acceptors (Lipinski definition) is 1. The highest BCUT2D eigenvalue weighted by molar-refractivity contribution is 6.42. The van der Waals surface area contributed by atoms with E-state index in [2.05, 4.69) is 36.6 Å². The van der Waals surface area contributed by atoms with Gasteiger partial charge < -0.3 is 22.2 Å². The van der Waals surface area contributed by atoms with Crippen LogP contribution in [0.4, 0.5) is 0 Å². The van der Waals surface area contributed by atoms with E-state index in [9.17, 15) is 4.79 Å². The fourth-order valence-electron chi connectivity index (χ4n) is 3.67. The minimum Gasteiger partial charge on any atom is -1.00 e. The molecule has 3 rings (SSSR count). The van der Waals surface area contributed by atoms with Crippen LogP contribution in [0.25, 0.3) is 6.08 Å². The lowest BCUT2D eigenvalue weighted by Gasteiger charge is -2.37. The van der Waals surface area contributed by atoms with Crippen molar-refractivity contribution in [3.05, 3.63) is 75.3 Å². The van der Waals surface area contributed by atoms with Gasteiger partial charge in [-0.05, 0) is 48.6 Å². The SMILES string of the molecule is C[N+]1(Cc2ccc(CNC(=O)/C=C/c3ccc(Cl)c(Cl)c3)cc2)CCCCC1.[Cl-]. The van der Waals surface area contributed by atoms with E-state index in [-0.39, 0.29) is 18.3 Å². The van der Waals surface area contributed by atoms with Crippen LogP contribution in [-0.4, -0.2) is 30.5 Å². The number of hydrogen-bond donors (Lipinski definition) is 1. The van der Waals surface area contributed by atoms with E-state index in [4.69, 9.17) is 23.2 Å². The van der Waals surface area contributed by atoms with Crippen LogP contribution >= 0.6 is 23.2 Å². The summed E-state index contributed by atoms with van der Waals surface area (Å²) in [6.45, 7) is 4.13. The molecular formula is C23H27Cl3N2O. The number of amides is 1. The second-order valence-electron chi connectivity index (χ2n) is 7.83. The van der Waals surface area contributed by atoms with E-state index < -0.39 is 0 Å². The maximum Gasteiger partial charge on any atom is 0.244 e. The number of carbonyl (C=O) groups is 1. The van der Waals surface area contributed by atoms with Crippen LogP contribution < -0.4 is 17.7 Å². The van der Waals surface area contributed by atoms with Gasteiger partial charge in [0, 0.05) is 18.2 Å². The first-order chi connectivity index (χ1) is 13.4. The lowest BCUT2D eigenvalue weighted by molar-refractivity contribution is -0.926. The molecule has 2 aromatic rings. The molecule has 1 heterocycles. The highest BCUT2D eigenvalue weighted by atomic mass is 35.5. The standard InChI is InChI=1S/C23H26Cl2N2O.ClH/c1-27(13-3-2-4-14-27)17-20-7-5-19(6-8-20)16-26-23(28)12-10-18-9-11-21(24)22(25)15-18;/h5-12,15H,2-4,13-14,16-17H2,1H3;1H/b12-10+;. The topological polar surface area (TPSA) is 29.1 Å². The largest absolute Gasteiger partial charge is 1.00 e. The van der Waals surface area contributed by atoms with Crippen molar-refractivity contribution in [2.75, 3.05) is 20.1 Å². The summed E-state index contributed by atoms with van der Waals surface area (Å²) in [6.07, 6.45) is 7.26. The third-order valence-electron chi connectivity index (χ3n) is 5.32. The van der Waals surface area contributed by atoms with Crippen LogP contribution in [0.15, 0.2) is 48.5 Å². The average molecular weight is 454 g/mol. The third kappa shape index (κ3) is 7.35. The van der Waals surface area contributed by atoms with E-state index in [1.165, 1.54) is 44.0 Å². The Hall–Kier alpha value is -1.52. The second-order valence-corrected chi connectivity index (χ2v) is 8.64. The molecule has 0 aromatic heterocycles. The van der Waals surface area contributed by atoms with Crippen molar-refractivity contribution in [3.63, 3.8) is 0 Å². The highest BCUT2D eigenvalue weighted by Gasteiger charge is 2.24. The zero-order chi connectivity index (χ0) is 20.0. The normalized spacial score (nSPS) is 15.7. The van der Waals surface area contributed by atoms with Gasteiger partial charge in [0.2, 0.25) is 5.91 Å². The molecule has 0 bridgehead atoms. The fourth-order valence-corrected chi connectivity index (χ4v) is 3.98. The van der Waals surface area contributed by atoms with E-state index in [0.717, 1.165) is 22.2 Å². The van der Waals surface area contributed by atoms with Gasteiger partial charge in [-0.25, -0.2) is 0 Å². The molecular weight excluding hydrogens is 427 g/mol. The fraction of sp³-hybridized carbons (Fsp3) is 0.348. The van der Waals surface area contributed by atoms with Crippen molar-refractivity contribution in [3.8, 4) is 0 Å². The molecule has 2 aromatic carbocycles. The first-order valence-electron chi connectivity index (χ1n) is 9.76. The summed E-state index contributed by atoms with van der Waals surface area (Å²) >= 11 is 11.9. The van der Waals surface area contributed by atoms with Crippen molar-refractivity contribution < 1.29 is 21.7 Å². The Morgan fingerprint density at radius 1 is 1.00 bits per heavy atom. The van der Waals surface area contributed by atoms with E-state index >= 15 is 0 Å². The maximum atomic E-state index is 12.1. The lowest BCUT2D eigenvalue weighted by atomic mass is 10.1. The first-order valence-corrected chi connectivity index (χ1v) is 10.5. The molecule has 1 amide bonds. The summed E-state index contributed by atoms with van der Waals surface area (Å²) in [5, 5.41) is 3.89. The average Bonchev–Trinajstić information content (AvgIpc) is 2.68. The Bertz CT molecular complexity index is 844. The Morgan fingerprint density at radius 3 is 2.31 bits per heavy atom. The number of carbonyl (C=O) groups excluding carboxylic acids is 1. The third-order valence-corrected chi connectivity index (χ3v) is 6.06. The molecule has 1 fully saturated rings. The van der Waals surface area contributed by atoms with Crippen molar-refractivity contribution >= 4 is 35.2 Å². The molecule has 0 spiro atoms. The van der Waals surface area contributed by atoms with Crippen LogP contribution in [0, 0.1) is 0 Å². The summed E-state index contributed by atoms with van der Waals surface area (Å²) in [5.41, 5.74) is 3.29. The van der Waals surface area contributed by atoms with Gasteiger partial charge in [0.15, 0.2) is 0 Å². The van der Waals surface area contributed by atoms with Crippen LogP contribution in [0.1, 0.15) is 36.0 Å². The summed E-state index contributed by atoms with van der Waals surface area (Å²) in [6, 6.07) is 13.9. The van der Waals surface area contributed by atoms with Gasteiger partial charge in [-0.1, -0.05) is 53.5 Å². The predicted octanol–water partition coefficient (Wildman–Crippen LogP) is 2.46. The van der Waals surface area contributed by atoms with E-state index in [1.54, 1.807) is 18.2 Å². The zero-order valence-corrected chi connectivity index (χ0v) is 18.9. The molecule has 156 valence electrons.